The lowest BCUT2D eigenvalue weighted by atomic mass is 10.0. The molecule has 0 aliphatic heterocycles. The molecule has 0 saturated heterocycles. The van der Waals surface area contributed by atoms with E-state index >= 15 is 0 Å². The minimum absolute atomic E-state index is 0.185. The van der Waals surface area contributed by atoms with Crippen molar-refractivity contribution in [2.45, 2.75) is 13.8 Å². The van der Waals surface area contributed by atoms with Crippen molar-refractivity contribution in [3.63, 3.8) is 0 Å². The van der Waals surface area contributed by atoms with E-state index in [4.69, 9.17) is 9.47 Å². The molecule has 1 N–H and O–H groups in total. The zero-order chi connectivity index (χ0) is 24.9. The van der Waals surface area contributed by atoms with Crippen LogP contribution in [0.5, 0.6) is 5.75 Å². The topological polar surface area (TPSA) is 64.6 Å². The lowest BCUT2D eigenvalue weighted by molar-refractivity contribution is -0.118. The second-order valence-corrected chi connectivity index (χ2v) is 10.1. The van der Waals surface area contributed by atoms with Crippen molar-refractivity contribution >= 4 is 44.1 Å². The third-order valence-electron chi connectivity index (χ3n) is 5.47. The molecule has 1 aromatic heterocycles. The summed E-state index contributed by atoms with van der Waals surface area (Å²) in [6.45, 7) is 3.78. The summed E-state index contributed by atoms with van der Waals surface area (Å²) in [6, 6.07) is 23.5. The van der Waals surface area contributed by atoms with Crippen LogP contribution in [0, 0.1) is 13.8 Å². The molecule has 1 amide bonds. The number of halogens is 1. The fraction of sp³-hybridized carbons (Fsp3) is 0.143. The minimum atomic E-state index is -0.504. The predicted molar refractivity (Wildman–Crippen MR) is 144 cm³/mol. The van der Waals surface area contributed by atoms with Crippen molar-refractivity contribution in [3.8, 4) is 28.0 Å². The van der Waals surface area contributed by atoms with Crippen LogP contribution in [0.1, 0.15) is 20.8 Å². The molecule has 4 rings (SSSR count). The molecule has 4 aromatic rings. The zero-order valence-electron chi connectivity index (χ0n) is 19.6. The van der Waals surface area contributed by atoms with Crippen LogP contribution < -0.4 is 10.1 Å². The number of aryl methyl sites for hydroxylation is 2. The van der Waals surface area contributed by atoms with Gasteiger partial charge in [0.1, 0.15) is 16.3 Å². The molecule has 0 aliphatic carbocycles. The normalized spacial score (nSPS) is 10.6. The Kier molecular flexibility index (Phi) is 7.68. The Morgan fingerprint density at radius 3 is 2.03 bits per heavy atom. The van der Waals surface area contributed by atoms with Crippen molar-refractivity contribution in [1.29, 1.82) is 0 Å². The van der Waals surface area contributed by atoms with Gasteiger partial charge in [0.15, 0.2) is 6.61 Å². The summed E-state index contributed by atoms with van der Waals surface area (Å²) < 4.78 is 11.6. The highest BCUT2D eigenvalue weighted by Gasteiger charge is 2.25. The number of nitrogens with one attached hydrogen (secondary N) is 1. The summed E-state index contributed by atoms with van der Waals surface area (Å²) >= 11 is 4.76. The summed E-state index contributed by atoms with van der Waals surface area (Å²) in [5.74, 6) is -0.279. The van der Waals surface area contributed by atoms with E-state index in [9.17, 15) is 9.59 Å². The first-order valence-corrected chi connectivity index (χ1v) is 12.5. The SMILES string of the molecule is COC(=O)c1c(NC(=O)COc2ccc(-c3ccc(C)cc3)cc2)sc(C)c1-c1ccc(Br)cc1. The molecule has 0 unspecified atom stereocenters. The fourth-order valence-electron chi connectivity index (χ4n) is 3.69. The van der Waals surface area contributed by atoms with Crippen molar-refractivity contribution < 1.29 is 19.1 Å². The van der Waals surface area contributed by atoms with Gasteiger partial charge in [-0.1, -0.05) is 70.0 Å². The fourth-order valence-corrected chi connectivity index (χ4v) is 5.04. The maximum atomic E-state index is 12.7. The molecule has 35 heavy (non-hydrogen) atoms. The lowest BCUT2D eigenvalue weighted by Gasteiger charge is -2.10. The monoisotopic (exact) mass is 549 g/mol. The molecule has 0 aliphatic rings. The molecule has 0 fully saturated rings. The van der Waals surface area contributed by atoms with Crippen LogP contribution in [0.2, 0.25) is 0 Å². The Morgan fingerprint density at radius 1 is 0.857 bits per heavy atom. The van der Waals surface area contributed by atoms with Gasteiger partial charge in [-0.05, 0) is 54.8 Å². The van der Waals surface area contributed by atoms with E-state index in [0.29, 0.717) is 16.3 Å². The Labute approximate surface area is 216 Å². The zero-order valence-corrected chi connectivity index (χ0v) is 22.0. The second-order valence-electron chi connectivity index (χ2n) is 7.96. The second kappa shape index (κ2) is 10.9. The maximum Gasteiger partial charge on any atom is 0.341 e. The number of ether oxygens (including phenoxy) is 2. The number of carbonyl (C=O) groups excluding carboxylic acids is 2. The molecule has 178 valence electrons. The van der Waals surface area contributed by atoms with Crippen LogP contribution in [0.25, 0.3) is 22.3 Å². The number of carbonyl (C=O) groups is 2. The van der Waals surface area contributed by atoms with E-state index < -0.39 is 5.97 Å². The molecule has 1 heterocycles. The quantitative estimate of drug-likeness (QED) is 0.246. The number of hydrogen-bond donors (Lipinski definition) is 1. The number of esters is 1. The van der Waals surface area contributed by atoms with Gasteiger partial charge < -0.3 is 14.8 Å². The average molecular weight is 550 g/mol. The van der Waals surface area contributed by atoms with Crippen LogP contribution in [0.4, 0.5) is 5.00 Å². The molecule has 0 saturated carbocycles. The van der Waals surface area contributed by atoms with Crippen LogP contribution in [0.15, 0.2) is 77.3 Å². The van der Waals surface area contributed by atoms with Gasteiger partial charge in [-0.2, -0.15) is 0 Å². The summed E-state index contributed by atoms with van der Waals surface area (Å²) in [5.41, 5.74) is 5.35. The Balaban J connectivity index is 1.47. The molecule has 0 radical (unpaired) electrons. The standard InChI is InChI=1S/C28H24BrNO4S/c1-17-4-6-19(7-5-17)20-10-14-23(15-11-20)34-16-24(31)30-27-26(28(32)33-3)25(18(2)35-27)21-8-12-22(29)13-9-21/h4-15H,16H2,1-3H3,(H,30,31). The van der Waals surface area contributed by atoms with E-state index in [0.717, 1.165) is 31.6 Å². The van der Waals surface area contributed by atoms with E-state index in [2.05, 4.69) is 52.4 Å². The molecule has 0 atom stereocenters. The summed E-state index contributed by atoms with van der Waals surface area (Å²) in [4.78, 5) is 26.2. The Hall–Kier alpha value is -3.42. The van der Waals surface area contributed by atoms with Gasteiger partial charge in [-0.25, -0.2) is 4.79 Å². The number of methoxy groups -OCH3 is 1. The van der Waals surface area contributed by atoms with Crippen molar-refractivity contribution in [2.75, 3.05) is 19.0 Å². The van der Waals surface area contributed by atoms with Crippen molar-refractivity contribution in [2.24, 2.45) is 0 Å². The number of benzene rings is 3. The van der Waals surface area contributed by atoms with Gasteiger partial charge in [0.05, 0.1) is 7.11 Å². The van der Waals surface area contributed by atoms with Gasteiger partial charge >= 0.3 is 5.97 Å². The summed E-state index contributed by atoms with van der Waals surface area (Å²) in [5, 5.41) is 3.27. The largest absolute Gasteiger partial charge is 0.484 e. The highest BCUT2D eigenvalue weighted by atomic mass is 79.9. The third kappa shape index (κ3) is 5.81. The van der Waals surface area contributed by atoms with E-state index in [1.165, 1.54) is 24.0 Å². The highest BCUT2D eigenvalue weighted by molar-refractivity contribution is 9.10. The van der Waals surface area contributed by atoms with Crippen molar-refractivity contribution in [1.82, 2.24) is 0 Å². The van der Waals surface area contributed by atoms with Crippen LogP contribution in [-0.4, -0.2) is 25.6 Å². The smallest absolute Gasteiger partial charge is 0.341 e. The van der Waals surface area contributed by atoms with Crippen LogP contribution >= 0.6 is 27.3 Å². The first-order valence-electron chi connectivity index (χ1n) is 10.9. The first kappa shape index (κ1) is 24.7. The third-order valence-corrected chi connectivity index (χ3v) is 7.02. The van der Waals surface area contributed by atoms with Gasteiger partial charge in [0, 0.05) is 14.9 Å². The van der Waals surface area contributed by atoms with Gasteiger partial charge in [0.2, 0.25) is 0 Å². The number of amides is 1. The van der Waals surface area contributed by atoms with E-state index in [-0.39, 0.29) is 12.5 Å². The van der Waals surface area contributed by atoms with E-state index in [1.54, 1.807) is 0 Å². The number of rotatable bonds is 7. The van der Waals surface area contributed by atoms with Crippen LogP contribution in [-0.2, 0) is 9.53 Å². The van der Waals surface area contributed by atoms with Gasteiger partial charge in [-0.3, -0.25) is 4.79 Å². The molecular formula is C28H24BrNO4S. The highest BCUT2D eigenvalue weighted by Crippen LogP contribution is 2.40. The molecule has 5 nitrogen and oxygen atoms in total. The molecule has 7 heteroatoms. The average Bonchev–Trinajstić information content (AvgIpc) is 3.18. The van der Waals surface area contributed by atoms with Gasteiger partial charge in [-0.15, -0.1) is 11.3 Å². The number of hydrogen-bond acceptors (Lipinski definition) is 5. The maximum absolute atomic E-state index is 12.7. The molecule has 3 aromatic carbocycles. The summed E-state index contributed by atoms with van der Waals surface area (Å²) in [7, 11) is 1.33. The summed E-state index contributed by atoms with van der Waals surface area (Å²) in [6.07, 6.45) is 0. The van der Waals surface area contributed by atoms with Crippen molar-refractivity contribution in [3.05, 3.63) is 93.3 Å². The number of thiophene rings is 1. The van der Waals surface area contributed by atoms with Crippen LogP contribution in [0.3, 0.4) is 0 Å². The minimum Gasteiger partial charge on any atom is -0.484 e. The molecule has 0 spiro atoms. The lowest BCUT2D eigenvalue weighted by Crippen LogP contribution is -2.21. The Bertz CT molecular complexity index is 1340. The number of anilines is 1. The predicted octanol–water partition coefficient (Wildman–Crippen LogP) is 7.27. The molecule has 0 bridgehead atoms. The molecular weight excluding hydrogens is 526 g/mol. The first-order chi connectivity index (χ1) is 16.9. The van der Waals surface area contributed by atoms with Gasteiger partial charge in [0.25, 0.3) is 5.91 Å². The van der Waals surface area contributed by atoms with E-state index in [1.807, 2.05) is 55.5 Å². The Morgan fingerprint density at radius 2 is 1.43 bits per heavy atom.